The summed E-state index contributed by atoms with van der Waals surface area (Å²) in [6, 6.07) is -0.226. The smallest absolute Gasteiger partial charge is 0.322 e. The maximum atomic E-state index is 11.0. The van der Waals surface area contributed by atoms with Crippen LogP contribution >= 0.6 is 0 Å². The van der Waals surface area contributed by atoms with E-state index in [9.17, 15) is 4.79 Å². The van der Waals surface area contributed by atoms with Gasteiger partial charge < -0.3 is 15.2 Å². The number of carbonyl (C=O) groups is 1. The molecule has 2 rings (SSSR count). The van der Waals surface area contributed by atoms with Crippen molar-refractivity contribution < 1.29 is 14.6 Å². The van der Waals surface area contributed by atoms with E-state index in [1.807, 2.05) is 0 Å². The van der Waals surface area contributed by atoms with Crippen molar-refractivity contribution in [1.29, 1.82) is 0 Å². The molecule has 2 N–H and O–H groups in total. The molecule has 1 aromatic heterocycles. The lowest BCUT2D eigenvalue weighted by Crippen LogP contribution is -2.41. The number of carboxylic acids is 1. The van der Waals surface area contributed by atoms with Crippen molar-refractivity contribution in [2.24, 2.45) is 0 Å². The first-order valence-electron chi connectivity index (χ1n) is 5.24. The molecule has 0 bridgehead atoms. The Morgan fingerprint density at radius 3 is 3.06 bits per heavy atom. The molecule has 1 fully saturated rings. The first-order valence-corrected chi connectivity index (χ1v) is 5.24. The number of aliphatic carboxylic acids is 1. The van der Waals surface area contributed by atoms with E-state index in [1.54, 1.807) is 24.2 Å². The maximum absolute atomic E-state index is 11.0. The monoisotopic (exact) mass is 225 g/mol. The van der Waals surface area contributed by atoms with Crippen LogP contribution in [0.5, 0.6) is 5.75 Å². The molecule has 0 saturated heterocycles. The zero-order valence-electron chi connectivity index (χ0n) is 9.09. The summed E-state index contributed by atoms with van der Waals surface area (Å²) < 4.78 is 6.56. The molecular weight excluding hydrogens is 210 g/mol. The number of rotatable bonds is 6. The Morgan fingerprint density at radius 1 is 1.81 bits per heavy atom. The Kier molecular flexibility index (Phi) is 3.09. The van der Waals surface area contributed by atoms with Crippen molar-refractivity contribution in [3.8, 4) is 5.75 Å². The Bertz CT molecular complexity index is 373. The molecule has 1 atom stereocenters. The summed E-state index contributed by atoms with van der Waals surface area (Å²) in [5.74, 6) is -0.211. The van der Waals surface area contributed by atoms with Crippen molar-refractivity contribution in [2.75, 3.05) is 7.11 Å². The lowest BCUT2D eigenvalue weighted by molar-refractivity contribution is -0.140. The third-order valence-electron chi connectivity index (χ3n) is 2.53. The van der Waals surface area contributed by atoms with Gasteiger partial charge in [0.25, 0.3) is 0 Å². The van der Waals surface area contributed by atoms with Gasteiger partial charge in [0.1, 0.15) is 6.04 Å². The summed E-state index contributed by atoms with van der Waals surface area (Å²) >= 11 is 0. The normalized spacial score (nSPS) is 17.1. The predicted molar refractivity (Wildman–Crippen MR) is 56.4 cm³/mol. The quantitative estimate of drug-likeness (QED) is 0.718. The first-order chi connectivity index (χ1) is 7.69. The van der Waals surface area contributed by atoms with E-state index >= 15 is 0 Å². The van der Waals surface area contributed by atoms with E-state index in [2.05, 4.69) is 10.4 Å². The van der Waals surface area contributed by atoms with Crippen LogP contribution in [0.3, 0.4) is 0 Å². The SMILES string of the molecule is COc1cnn(CC(NC2CC2)C(=O)O)c1. The van der Waals surface area contributed by atoms with Gasteiger partial charge in [-0.25, -0.2) is 0 Å². The van der Waals surface area contributed by atoms with Crippen LogP contribution in [0.4, 0.5) is 0 Å². The maximum Gasteiger partial charge on any atom is 0.322 e. The van der Waals surface area contributed by atoms with Gasteiger partial charge in [0.2, 0.25) is 0 Å². The molecule has 1 heterocycles. The van der Waals surface area contributed by atoms with Crippen LogP contribution in [0.25, 0.3) is 0 Å². The van der Waals surface area contributed by atoms with Crippen LogP contribution in [0.2, 0.25) is 0 Å². The average Bonchev–Trinajstić information content (AvgIpc) is 2.95. The molecule has 6 nitrogen and oxygen atoms in total. The van der Waals surface area contributed by atoms with Crippen LogP contribution < -0.4 is 10.1 Å². The molecule has 0 aliphatic heterocycles. The molecule has 88 valence electrons. The predicted octanol–water partition coefficient (Wildman–Crippen LogP) is 0.0969. The van der Waals surface area contributed by atoms with E-state index in [4.69, 9.17) is 9.84 Å². The van der Waals surface area contributed by atoms with Crippen LogP contribution in [0.1, 0.15) is 12.8 Å². The Morgan fingerprint density at radius 2 is 2.56 bits per heavy atom. The molecule has 1 unspecified atom stereocenters. The summed E-state index contributed by atoms with van der Waals surface area (Å²) in [5.41, 5.74) is 0. The number of nitrogens with one attached hydrogen (secondary N) is 1. The standard InChI is InChI=1S/C10H15N3O3/c1-16-8-4-11-13(5-8)6-9(10(14)15)12-7-2-3-7/h4-5,7,9,12H,2-3,6H2,1H3,(H,14,15). The lowest BCUT2D eigenvalue weighted by atomic mass is 10.3. The molecule has 16 heavy (non-hydrogen) atoms. The second kappa shape index (κ2) is 4.52. The number of nitrogens with zero attached hydrogens (tertiary/aromatic N) is 2. The fraction of sp³-hybridized carbons (Fsp3) is 0.600. The van der Waals surface area contributed by atoms with E-state index in [0.29, 0.717) is 18.3 Å². The highest BCUT2D eigenvalue weighted by atomic mass is 16.5. The van der Waals surface area contributed by atoms with Crippen molar-refractivity contribution in [3.63, 3.8) is 0 Å². The number of aromatic nitrogens is 2. The highest BCUT2D eigenvalue weighted by Crippen LogP contribution is 2.19. The van der Waals surface area contributed by atoms with Gasteiger partial charge in [-0.05, 0) is 12.8 Å². The third-order valence-corrected chi connectivity index (χ3v) is 2.53. The number of methoxy groups -OCH3 is 1. The van der Waals surface area contributed by atoms with Gasteiger partial charge >= 0.3 is 5.97 Å². The molecule has 6 heteroatoms. The lowest BCUT2D eigenvalue weighted by Gasteiger charge is -2.13. The molecule has 0 radical (unpaired) electrons. The van der Waals surface area contributed by atoms with Gasteiger partial charge in [0, 0.05) is 6.04 Å². The van der Waals surface area contributed by atoms with Crippen molar-refractivity contribution in [1.82, 2.24) is 15.1 Å². The van der Waals surface area contributed by atoms with Crippen LogP contribution in [0, 0.1) is 0 Å². The van der Waals surface area contributed by atoms with Crippen molar-refractivity contribution in [3.05, 3.63) is 12.4 Å². The first kappa shape index (κ1) is 10.9. The highest BCUT2D eigenvalue weighted by Gasteiger charge is 2.28. The van der Waals surface area contributed by atoms with Gasteiger partial charge in [-0.15, -0.1) is 0 Å². The van der Waals surface area contributed by atoms with Gasteiger partial charge in [-0.3, -0.25) is 9.48 Å². The highest BCUT2D eigenvalue weighted by molar-refractivity contribution is 5.73. The third kappa shape index (κ3) is 2.73. The second-order valence-electron chi connectivity index (χ2n) is 3.93. The molecule has 0 aromatic carbocycles. The minimum absolute atomic E-state index is 0.315. The summed E-state index contributed by atoms with van der Waals surface area (Å²) in [5, 5.41) is 16.1. The average molecular weight is 225 g/mol. The Hall–Kier alpha value is -1.56. The number of hydrogen-bond donors (Lipinski definition) is 2. The number of carboxylic acid groups (broad SMARTS) is 1. The van der Waals surface area contributed by atoms with Gasteiger partial charge in [0.15, 0.2) is 5.75 Å². The molecule has 0 spiro atoms. The largest absolute Gasteiger partial charge is 0.493 e. The number of hydrogen-bond acceptors (Lipinski definition) is 4. The zero-order valence-corrected chi connectivity index (χ0v) is 9.09. The van der Waals surface area contributed by atoms with Gasteiger partial charge in [-0.1, -0.05) is 0 Å². The Balaban J connectivity index is 1.95. The minimum atomic E-state index is -0.846. The summed E-state index contributed by atoms with van der Waals surface area (Å²) in [7, 11) is 1.55. The fourth-order valence-electron chi connectivity index (χ4n) is 1.47. The van der Waals surface area contributed by atoms with Gasteiger partial charge in [0.05, 0.1) is 26.0 Å². The van der Waals surface area contributed by atoms with Gasteiger partial charge in [-0.2, -0.15) is 5.10 Å². The van der Waals surface area contributed by atoms with Crippen molar-refractivity contribution >= 4 is 5.97 Å². The van der Waals surface area contributed by atoms with Crippen molar-refractivity contribution in [2.45, 2.75) is 31.5 Å². The molecule has 1 saturated carbocycles. The molecule has 1 aliphatic rings. The minimum Gasteiger partial charge on any atom is -0.493 e. The van der Waals surface area contributed by atoms with E-state index in [-0.39, 0.29) is 0 Å². The summed E-state index contributed by atoms with van der Waals surface area (Å²) in [4.78, 5) is 11.0. The topological polar surface area (TPSA) is 76.4 Å². The Labute approximate surface area is 93.2 Å². The summed E-state index contributed by atoms with van der Waals surface area (Å²) in [6.45, 7) is 0.315. The second-order valence-corrected chi connectivity index (χ2v) is 3.93. The fourth-order valence-corrected chi connectivity index (χ4v) is 1.47. The molecule has 1 aliphatic carbocycles. The van der Waals surface area contributed by atoms with E-state index < -0.39 is 12.0 Å². The molecule has 0 amide bonds. The van der Waals surface area contributed by atoms with Crippen LogP contribution in [-0.2, 0) is 11.3 Å². The van der Waals surface area contributed by atoms with Crippen LogP contribution in [0.15, 0.2) is 12.4 Å². The molecular formula is C10H15N3O3. The van der Waals surface area contributed by atoms with E-state index in [0.717, 1.165) is 12.8 Å². The zero-order chi connectivity index (χ0) is 11.5. The summed E-state index contributed by atoms with van der Waals surface area (Å²) in [6.07, 6.45) is 5.37. The van der Waals surface area contributed by atoms with E-state index in [1.165, 1.54) is 0 Å². The van der Waals surface area contributed by atoms with Crippen LogP contribution in [-0.4, -0.2) is 40.0 Å². The molecule has 1 aromatic rings. The number of ether oxygens (including phenoxy) is 1.